The van der Waals surface area contributed by atoms with Crippen LogP contribution in [0, 0.1) is 6.92 Å². The van der Waals surface area contributed by atoms with E-state index in [0.717, 1.165) is 5.69 Å². The molecule has 0 amide bonds. The molecule has 4 heteroatoms. The van der Waals surface area contributed by atoms with Crippen LogP contribution < -0.4 is 10.9 Å². The zero-order chi connectivity index (χ0) is 17.9. The van der Waals surface area contributed by atoms with Gasteiger partial charge in [0.1, 0.15) is 0 Å². The number of hydrogen-bond acceptors (Lipinski definition) is 2. The van der Waals surface area contributed by atoms with Crippen molar-refractivity contribution in [1.29, 1.82) is 0 Å². The Labute approximate surface area is 151 Å². The molecule has 0 aliphatic rings. The number of hydrogen-bond donors (Lipinski definition) is 1. The minimum atomic E-state index is 0.178. The number of imidazole rings is 1. The summed E-state index contributed by atoms with van der Waals surface area (Å²) >= 11 is 0. The molecule has 3 aromatic rings. The summed E-state index contributed by atoms with van der Waals surface area (Å²) in [6.45, 7) is 5.58. The Hall–Kier alpha value is -2.33. The quantitative estimate of drug-likeness (QED) is 0.704. The first kappa shape index (κ1) is 19.0. The fourth-order valence-electron chi connectivity index (χ4n) is 2.91. The molecule has 1 heterocycles. The van der Waals surface area contributed by atoms with Crippen LogP contribution in [0.5, 0.6) is 0 Å². The van der Waals surface area contributed by atoms with Gasteiger partial charge in [0.25, 0.3) is 0 Å². The molecule has 0 saturated heterocycles. The smallest absolute Gasteiger partial charge is 0.209 e. The maximum absolute atomic E-state index is 8.51. The Morgan fingerprint density at radius 3 is 1.92 bits per heavy atom. The summed E-state index contributed by atoms with van der Waals surface area (Å²) in [7, 11) is 0. The molecular weight excluding hydrogens is 307 g/mol. The van der Waals surface area contributed by atoms with Crippen LogP contribution in [0.2, 0.25) is 6.32 Å². The number of aromatic nitrogens is 2. The van der Waals surface area contributed by atoms with E-state index < -0.39 is 0 Å². The van der Waals surface area contributed by atoms with Gasteiger partial charge in [-0.1, -0.05) is 91.3 Å². The predicted octanol–water partition coefficient (Wildman–Crippen LogP) is 2.89. The van der Waals surface area contributed by atoms with Crippen molar-refractivity contribution >= 4 is 17.6 Å². The fourth-order valence-corrected chi connectivity index (χ4v) is 2.91. The molecule has 0 aliphatic heterocycles. The lowest BCUT2D eigenvalue weighted by Crippen LogP contribution is -2.41. The summed E-state index contributed by atoms with van der Waals surface area (Å²) in [4.78, 5) is 3.89. The third-order valence-electron chi connectivity index (χ3n) is 4.24. The van der Waals surface area contributed by atoms with Gasteiger partial charge in [-0.3, -0.25) is 0 Å². The number of aliphatic hydroxyl groups excluding tert-OH is 1. The molecule has 0 radical (unpaired) electrons. The van der Waals surface area contributed by atoms with Gasteiger partial charge >= 0.3 is 0 Å². The first-order chi connectivity index (χ1) is 12.3. The largest absolute Gasteiger partial charge is 0.395 e. The Morgan fingerprint density at radius 2 is 1.52 bits per heavy atom. The molecular formula is C21H27BN2O. The van der Waals surface area contributed by atoms with E-state index in [-0.39, 0.29) is 6.61 Å². The zero-order valence-corrected chi connectivity index (χ0v) is 15.2. The van der Waals surface area contributed by atoms with E-state index in [4.69, 9.17) is 5.11 Å². The molecule has 2 aromatic carbocycles. The minimum absolute atomic E-state index is 0.178. The highest BCUT2D eigenvalue weighted by Gasteiger charge is 2.16. The number of nitrogens with zero attached hydrogens (tertiary/aromatic N) is 2. The first-order valence-corrected chi connectivity index (χ1v) is 8.93. The number of aryl methyl sites for hydroxylation is 1. The van der Waals surface area contributed by atoms with Gasteiger partial charge in [0.05, 0.1) is 12.9 Å². The van der Waals surface area contributed by atoms with Crippen molar-refractivity contribution in [3.05, 3.63) is 78.9 Å². The fraction of sp³-hybridized carbons (Fsp3) is 0.286. The summed E-state index contributed by atoms with van der Waals surface area (Å²) in [5.41, 5.74) is 3.94. The Bertz CT molecular complexity index is 674. The summed E-state index contributed by atoms with van der Waals surface area (Å²) in [6, 6.07) is 21.6. The van der Waals surface area contributed by atoms with Crippen molar-refractivity contribution in [2.45, 2.75) is 33.1 Å². The second kappa shape index (κ2) is 10.5. The minimum Gasteiger partial charge on any atom is -0.395 e. The molecule has 0 bridgehead atoms. The Morgan fingerprint density at radius 1 is 0.960 bits per heavy atom. The van der Waals surface area contributed by atoms with Crippen molar-refractivity contribution in [2.75, 3.05) is 6.61 Å². The van der Waals surface area contributed by atoms with Crippen LogP contribution in [0.1, 0.15) is 19.0 Å². The Balaban J connectivity index is 0.000000212. The molecule has 0 fully saturated rings. The molecule has 0 aliphatic carbocycles. The highest BCUT2D eigenvalue weighted by molar-refractivity contribution is 6.85. The van der Waals surface area contributed by atoms with Crippen LogP contribution in [0.25, 0.3) is 0 Å². The molecule has 1 aromatic heterocycles. The number of aliphatic hydroxyl groups is 1. The molecule has 25 heavy (non-hydrogen) atoms. The normalized spacial score (nSPS) is 10.0. The molecule has 0 saturated carbocycles. The number of rotatable bonds is 6. The molecule has 0 atom stereocenters. The second-order valence-corrected chi connectivity index (χ2v) is 6.11. The summed E-state index contributed by atoms with van der Waals surface area (Å²) in [5, 5.41) is 8.51. The molecule has 3 nitrogen and oxygen atoms in total. The lowest BCUT2D eigenvalue weighted by molar-refractivity contribution is 0.275. The molecule has 0 unspecified atom stereocenters. The summed E-state index contributed by atoms with van der Waals surface area (Å²) in [6.07, 6.45) is 5.92. The third-order valence-corrected chi connectivity index (χ3v) is 4.24. The SMILES string of the molecule is CCCB(c1ccccc1)c1ccccc1.Cc1cncn1CCO. The van der Waals surface area contributed by atoms with E-state index in [1.807, 2.05) is 11.5 Å². The summed E-state index contributed by atoms with van der Waals surface area (Å²) in [5.74, 6) is 0. The van der Waals surface area contributed by atoms with Gasteiger partial charge < -0.3 is 9.67 Å². The average molecular weight is 334 g/mol. The van der Waals surface area contributed by atoms with E-state index in [0.29, 0.717) is 13.3 Å². The standard InChI is InChI=1S/C15H17B.C6H10N2O/c1-2-13-16(14-9-5-3-6-10-14)15-11-7-4-8-12-15;1-6-4-7-5-8(6)2-3-9/h3-12H,2,13H2,1H3;4-5,9H,2-3H2,1H3. The second-order valence-electron chi connectivity index (χ2n) is 6.11. The highest BCUT2D eigenvalue weighted by atomic mass is 16.3. The van der Waals surface area contributed by atoms with Crippen LogP contribution in [-0.2, 0) is 6.54 Å². The maximum atomic E-state index is 8.51. The van der Waals surface area contributed by atoms with Crippen molar-refractivity contribution in [2.24, 2.45) is 0 Å². The van der Waals surface area contributed by atoms with E-state index in [9.17, 15) is 0 Å². The third kappa shape index (κ3) is 5.91. The van der Waals surface area contributed by atoms with E-state index in [2.05, 4.69) is 72.6 Å². The topological polar surface area (TPSA) is 38.0 Å². The number of benzene rings is 2. The van der Waals surface area contributed by atoms with Gasteiger partial charge in [0, 0.05) is 18.4 Å². The van der Waals surface area contributed by atoms with Crippen LogP contribution in [0.15, 0.2) is 73.2 Å². The van der Waals surface area contributed by atoms with Crippen LogP contribution in [0.3, 0.4) is 0 Å². The van der Waals surface area contributed by atoms with Gasteiger partial charge in [-0.2, -0.15) is 0 Å². The lowest BCUT2D eigenvalue weighted by atomic mass is 9.38. The monoisotopic (exact) mass is 334 g/mol. The maximum Gasteiger partial charge on any atom is 0.209 e. The van der Waals surface area contributed by atoms with Gasteiger partial charge in [-0.15, -0.1) is 0 Å². The van der Waals surface area contributed by atoms with Gasteiger partial charge in [-0.05, 0) is 6.92 Å². The van der Waals surface area contributed by atoms with Gasteiger partial charge in [0.15, 0.2) is 0 Å². The van der Waals surface area contributed by atoms with Crippen molar-refractivity contribution < 1.29 is 5.11 Å². The molecule has 0 spiro atoms. The van der Waals surface area contributed by atoms with Crippen molar-refractivity contribution in [1.82, 2.24) is 9.55 Å². The zero-order valence-electron chi connectivity index (χ0n) is 15.2. The van der Waals surface area contributed by atoms with Crippen LogP contribution in [-0.4, -0.2) is 28.0 Å². The van der Waals surface area contributed by atoms with E-state index in [1.165, 1.54) is 23.7 Å². The van der Waals surface area contributed by atoms with Crippen molar-refractivity contribution in [3.63, 3.8) is 0 Å². The van der Waals surface area contributed by atoms with E-state index >= 15 is 0 Å². The van der Waals surface area contributed by atoms with Crippen LogP contribution in [0.4, 0.5) is 0 Å². The Kier molecular flexibility index (Phi) is 8.00. The van der Waals surface area contributed by atoms with Gasteiger partial charge in [-0.25, -0.2) is 4.98 Å². The summed E-state index contributed by atoms with van der Waals surface area (Å²) < 4.78 is 1.90. The molecule has 1 N–H and O–H groups in total. The average Bonchev–Trinajstić information content (AvgIpc) is 3.07. The van der Waals surface area contributed by atoms with Gasteiger partial charge in [0.2, 0.25) is 6.71 Å². The molecule has 3 rings (SSSR count). The first-order valence-electron chi connectivity index (χ1n) is 8.93. The van der Waals surface area contributed by atoms with E-state index in [1.54, 1.807) is 12.5 Å². The highest BCUT2D eigenvalue weighted by Crippen LogP contribution is 2.00. The van der Waals surface area contributed by atoms with Crippen LogP contribution >= 0.6 is 0 Å². The lowest BCUT2D eigenvalue weighted by Gasteiger charge is -2.13. The van der Waals surface area contributed by atoms with Crippen molar-refractivity contribution in [3.8, 4) is 0 Å². The predicted molar refractivity (Wildman–Crippen MR) is 107 cm³/mol. The molecule has 130 valence electrons.